The van der Waals surface area contributed by atoms with Gasteiger partial charge >= 0.3 is 0 Å². The molecule has 5 nitrogen and oxygen atoms in total. The van der Waals surface area contributed by atoms with E-state index in [1.54, 1.807) is 19.1 Å². The summed E-state index contributed by atoms with van der Waals surface area (Å²) >= 11 is 2.84. The Morgan fingerprint density at radius 1 is 1.43 bits per heavy atom. The second-order valence-corrected chi connectivity index (χ2v) is 7.64. The van der Waals surface area contributed by atoms with E-state index in [1.807, 2.05) is 0 Å². The Hall–Kier alpha value is -1.67. The number of nitrogens with one attached hydrogen (secondary N) is 2. The Kier molecular flexibility index (Phi) is 5.12. The maximum Gasteiger partial charge on any atom is 0.230 e. The van der Waals surface area contributed by atoms with Gasteiger partial charge in [-0.05, 0) is 37.0 Å². The number of rotatable bonds is 7. The maximum atomic E-state index is 13.2. The molecule has 2 aromatic rings. The normalized spacial score (nSPS) is 13.8. The summed E-state index contributed by atoms with van der Waals surface area (Å²) in [5, 5.41) is 15.0. The molecule has 8 heteroatoms. The molecule has 0 bridgehead atoms. The van der Waals surface area contributed by atoms with Crippen LogP contribution in [0.1, 0.15) is 24.0 Å². The Morgan fingerprint density at radius 2 is 2.26 bits per heavy atom. The highest BCUT2D eigenvalue weighted by Gasteiger charge is 2.22. The molecule has 0 unspecified atom stereocenters. The number of hydrogen-bond acceptors (Lipinski definition) is 6. The van der Waals surface area contributed by atoms with Crippen LogP contribution >= 0.6 is 23.1 Å². The van der Waals surface area contributed by atoms with E-state index in [0.29, 0.717) is 18.2 Å². The first-order chi connectivity index (χ1) is 11.1. The third-order valence-corrected chi connectivity index (χ3v) is 5.34. The number of halogens is 1. The van der Waals surface area contributed by atoms with Gasteiger partial charge in [0.2, 0.25) is 11.0 Å². The van der Waals surface area contributed by atoms with E-state index < -0.39 is 0 Å². The van der Waals surface area contributed by atoms with Gasteiger partial charge in [0.15, 0.2) is 4.34 Å². The quantitative estimate of drug-likeness (QED) is 0.750. The van der Waals surface area contributed by atoms with Gasteiger partial charge in [-0.25, -0.2) is 4.39 Å². The van der Waals surface area contributed by atoms with Crippen LogP contribution in [0.3, 0.4) is 0 Å². The summed E-state index contributed by atoms with van der Waals surface area (Å²) in [7, 11) is 0. The molecule has 0 spiro atoms. The lowest BCUT2D eigenvalue weighted by molar-refractivity contribution is -0.118. The Balaban J connectivity index is 1.41. The molecule has 1 amide bonds. The van der Waals surface area contributed by atoms with Gasteiger partial charge in [0.1, 0.15) is 5.82 Å². The largest absolute Gasteiger partial charge is 0.357 e. The number of anilines is 1. The predicted octanol–water partition coefficient (Wildman–Crippen LogP) is 2.97. The summed E-state index contributed by atoms with van der Waals surface area (Å²) in [6, 6.07) is 5.38. The van der Waals surface area contributed by atoms with Crippen LogP contribution in [-0.4, -0.2) is 27.9 Å². The molecular weight excluding hydrogens is 335 g/mol. The summed E-state index contributed by atoms with van der Waals surface area (Å²) in [5.74, 6) is -0.0236. The van der Waals surface area contributed by atoms with Crippen molar-refractivity contribution in [2.24, 2.45) is 0 Å². The highest BCUT2D eigenvalue weighted by molar-refractivity contribution is 8.01. The van der Waals surface area contributed by atoms with E-state index in [2.05, 4.69) is 20.8 Å². The van der Waals surface area contributed by atoms with Gasteiger partial charge in [-0.15, -0.1) is 10.2 Å². The molecule has 0 aliphatic heterocycles. The van der Waals surface area contributed by atoms with E-state index in [0.717, 1.165) is 15.0 Å². The molecule has 1 heterocycles. The fourth-order valence-electron chi connectivity index (χ4n) is 1.92. The number of amides is 1. The molecule has 23 heavy (non-hydrogen) atoms. The average molecular weight is 352 g/mol. The van der Waals surface area contributed by atoms with Gasteiger partial charge in [0.25, 0.3) is 0 Å². The van der Waals surface area contributed by atoms with Crippen LogP contribution in [0.2, 0.25) is 0 Å². The molecule has 1 aliphatic carbocycles. The zero-order valence-electron chi connectivity index (χ0n) is 12.6. The van der Waals surface area contributed by atoms with E-state index >= 15 is 0 Å². The van der Waals surface area contributed by atoms with E-state index in [1.165, 1.54) is 42.0 Å². The number of nitrogens with zero attached hydrogens (tertiary/aromatic N) is 2. The molecule has 1 aromatic heterocycles. The highest BCUT2D eigenvalue weighted by atomic mass is 32.2. The lowest BCUT2D eigenvalue weighted by Crippen LogP contribution is -2.24. The highest BCUT2D eigenvalue weighted by Crippen LogP contribution is 2.30. The minimum atomic E-state index is -0.234. The number of thioether (sulfide) groups is 1. The van der Waals surface area contributed by atoms with Crippen LogP contribution in [0.15, 0.2) is 22.5 Å². The van der Waals surface area contributed by atoms with Crippen LogP contribution in [-0.2, 0) is 11.3 Å². The van der Waals surface area contributed by atoms with Crippen LogP contribution in [0.25, 0.3) is 0 Å². The molecule has 3 rings (SSSR count). The predicted molar refractivity (Wildman–Crippen MR) is 90.3 cm³/mol. The van der Waals surface area contributed by atoms with E-state index in [4.69, 9.17) is 0 Å². The molecule has 0 atom stereocenters. The number of hydrogen-bond donors (Lipinski definition) is 2. The molecule has 122 valence electrons. The van der Waals surface area contributed by atoms with Gasteiger partial charge < -0.3 is 10.6 Å². The SMILES string of the molecule is Cc1cc(CNC(=O)CSc2nnc(NC3CC3)s2)ccc1F. The molecule has 2 N–H and O–H groups in total. The second kappa shape index (κ2) is 7.27. The van der Waals surface area contributed by atoms with Crippen LogP contribution in [0.4, 0.5) is 9.52 Å². The van der Waals surface area contributed by atoms with Crippen LogP contribution in [0, 0.1) is 12.7 Å². The third kappa shape index (κ3) is 4.90. The zero-order valence-corrected chi connectivity index (χ0v) is 14.3. The minimum absolute atomic E-state index is 0.0797. The lowest BCUT2D eigenvalue weighted by atomic mass is 10.1. The van der Waals surface area contributed by atoms with Crippen molar-refractivity contribution in [3.05, 3.63) is 35.1 Å². The molecule has 1 aliphatic rings. The van der Waals surface area contributed by atoms with Crippen molar-refractivity contribution in [3.8, 4) is 0 Å². The van der Waals surface area contributed by atoms with Gasteiger partial charge in [-0.1, -0.05) is 35.2 Å². The van der Waals surface area contributed by atoms with Crippen LogP contribution in [0.5, 0.6) is 0 Å². The standard InChI is InChI=1S/C15H17FN4OS2/c1-9-6-10(2-5-12(9)16)7-17-13(21)8-22-15-20-19-14(23-15)18-11-3-4-11/h2,5-6,11H,3-4,7-8H2,1H3,(H,17,21)(H,18,19). The molecular formula is C15H17FN4OS2. The number of carbonyl (C=O) groups excluding carboxylic acids is 1. The van der Waals surface area contributed by atoms with Gasteiger partial charge in [-0.2, -0.15) is 0 Å². The summed E-state index contributed by atoms with van der Waals surface area (Å²) in [6.45, 7) is 2.10. The summed E-state index contributed by atoms with van der Waals surface area (Å²) in [6.07, 6.45) is 2.38. The molecule has 0 radical (unpaired) electrons. The van der Waals surface area contributed by atoms with Crippen molar-refractivity contribution >= 4 is 34.1 Å². The smallest absolute Gasteiger partial charge is 0.230 e. The summed E-state index contributed by atoms with van der Waals surface area (Å²) in [5.41, 5.74) is 1.46. The Labute approximate surface area is 142 Å². The fourth-order valence-corrected chi connectivity index (χ4v) is 3.58. The van der Waals surface area contributed by atoms with Gasteiger partial charge in [0, 0.05) is 12.6 Å². The first-order valence-corrected chi connectivity index (χ1v) is 9.15. The summed E-state index contributed by atoms with van der Waals surface area (Å²) < 4.78 is 14.0. The zero-order chi connectivity index (χ0) is 16.2. The number of benzene rings is 1. The fraction of sp³-hybridized carbons (Fsp3) is 0.400. The minimum Gasteiger partial charge on any atom is -0.357 e. The van der Waals surface area contributed by atoms with Gasteiger partial charge in [-0.3, -0.25) is 4.79 Å². The maximum absolute atomic E-state index is 13.2. The lowest BCUT2D eigenvalue weighted by Gasteiger charge is -2.06. The van der Waals surface area contributed by atoms with E-state index in [-0.39, 0.29) is 17.5 Å². The summed E-state index contributed by atoms with van der Waals surface area (Å²) in [4.78, 5) is 11.9. The number of aryl methyl sites for hydroxylation is 1. The number of aromatic nitrogens is 2. The molecule has 0 saturated heterocycles. The Morgan fingerprint density at radius 3 is 3.00 bits per heavy atom. The van der Waals surface area contributed by atoms with Crippen molar-refractivity contribution in [1.29, 1.82) is 0 Å². The van der Waals surface area contributed by atoms with E-state index in [9.17, 15) is 9.18 Å². The Bertz CT molecular complexity index is 703. The number of carbonyl (C=O) groups is 1. The average Bonchev–Trinajstić information content (AvgIpc) is 3.23. The topological polar surface area (TPSA) is 66.9 Å². The van der Waals surface area contributed by atoms with Crippen molar-refractivity contribution < 1.29 is 9.18 Å². The van der Waals surface area contributed by atoms with Gasteiger partial charge in [0.05, 0.1) is 5.75 Å². The van der Waals surface area contributed by atoms with Crippen molar-refractivity contribution in [2.45, 2.75) is 36.7 Å². The molecule has 1 fully saturated rings. The first-order valence-electron chi connectivity index (χ1n) is 7.35. The second-order valence-electron chi connectivity index (χ2n) is 5.44. The van der Waals surface area contributed by atoms with Crippen LogP contribution < -0.4 is 10.6 Å². The van der Waals surface area contributed by atoms with Crippen molar-refractivity contribution in [3.63, 3.8) is 0 Å². The molecule has 1 saturated carbocycles. The van der Waals surface area contributed by atoms with Crippen molar-refractivity contribution in [1.82, 2.24) is 15.5 Å². The first kappa shape index (κ1) is 16.2. The monoisotopic (exact) mass is 352 g/mol. The third-order valence-electron chi connectivity index (χ3n) is 3.35. The van der Waals surface area contributed by atoms with Crippen molar-refractivity contribution in [2.75, 3.05) is 11.1 Å². The molecule has 1 aromatic carbocycles.